The smallest absolute Gasteiger partial charge is 0.226 e. The van der Waals surface area contributed by atoms with Gasteiger partial charge in [0.05, 0.1) is 0 Å². The Labute approximate surface area is 136 Å². The molecule has 23 heavy (non-hydrogen) atoms. The molecule has 3 rings (SSSR count). The number of nitrogens with one attached hydrogen (secondary N) is 1. The highest BCUT2D eigenvalue weighted by atomic mass is 19.1. The summed E-state index contributed by atoms with van der Waals surface area (Å²) in [5.74, 6) is -0.741. The average molecular weight is 322 g/mol. The molecule has 1 saturated heterocycles. The highest BCUT2D eigenvalue weighted by Crippen LogP contribution is 2.29. The van der Waals surface area contributed by atoms with Crippen LogP contribution in [-0.2, 0) is 11.3 Å². The molecule has 1 aliphatic heterocycles. The Bertz CT molecular complexity index is 568. The van der Waals surface area contributed by atoms with E-state index in [2.05, 4.69) is 5.32 Å². The molecule has 1 aliphatic carbocycles. The van der Waals surface area contributed by atoms with Crippen molar-refractivity contribution in [2.24, 2.45) is 11.8 Å². The molecule has 2 aliphatic rings. The Morgan fingerprint density at radius 3 is 2.57 bits per heavy atom. The van der Waals surface area contributed by atoms with Crippen LogP contribution in [0.4, 0.5) is 8.78 Å². The van der Waals surface area contributed by atoms with Gasteiger partial charge in [-0.2, -0.15) is 0 Å². The fourth-order valence-corrected chi connectivity index (χ4v) is 3.56. The maximum absolute atomic E-state index is 14.0. The number of rotatable bonds is 5. The number of hydrogen-bond acceptors (Lipinski definition) is 2. The minimum atomic E-state index is -0.584. The quantitative estimate of drug-likeness (QED) is 0.903. The molecule has 1 aromatic carbocycles. The summed E-state index contributed by atoms with van der Waals surface area (Å²) in [6, 6.07) is 3.79. The third-order valence-electron chi connectivity index (χ3n) is 5.31. The van der Waals surface area contributed by atoms with Gasteiger partial charge >= 0.3 is 0 Å². The number of halogens is 2. The van der Waals surface area contributed by atoms with Crippen LogP contribution in [0.1, 0.15) is 38.2 Å². The summed E-state index contributed by atoms with van der Waals surface area (Å²) < 4.78 is 27.1. The molecule has 1 amide bonds. The molecule has 2 fully saturated rings. The van der Waals surface area contributed by atoms with E-state index in [1.807, 2.05) is 11.8 Å². The van der Waals surface area contributed by atoms with Crippen LogP contribution in [0.15, 0.2) is 18.2 Å². The van der Waals surface area contributed by atoms with Crippen LogP contribution in [0.5, 0.6) is 0 Å². The van der Waals surface area contributed by atoms with Crippen molar-refractivity contribution in [3.63, 3.8) is 0 Å². The molecule has 1 atom stereocenters. The molecule has 0 radical (unpaired) electrons. The van der Waals surface area contributed by atoms with E-state index in [0.29, 0.717) is 11.5 Å². The Kier molecular flexibility index (Phi) is 4.95. The molecule has 126 valence electrons. The summed E-state index contributed by atoms with van der Waals surface area (Å²) >= 11 is 0. The molecule has 1 saturated carbocycles. The van der Waals surface area contributed by atoms with Crippen molar-refractivity contribution in [2.75, 3.05) is 13.1 Å². The van der Waals surface area contributed by atoms with E-state index in [4.69, 9.17) is 0 Å². The van der Waals surface area contributed by atoms with Crippen LogP contribution in [0.2, 0.25) is 0 Å². The summed E-state index contributed by atoms with van der Waals surface area (Å²) in [6.07, 6.45) is 4.17. The van der Waals surface area contributed by atoms with Gasteiger partial charge in [0.1, 0.15) is 11.6 Å². The van der Waals surface area contributed by atoms with Gasteiger partial charge in [-0.05, 0) is 37.9 Å². The molecule has 1 unspecified atom stereocenters. The Morgan fingerprint density at radius 2 is 2.00 bits per heavy atom. The van der Waals surface area contributed by atoms with Gasteiger partial charge in [-0.15, -0.1) is 0 Å². The molecular formula is C18H24F2N2O. The summed E-state index contributed by atoms with van der Waals surface area (Å²) in [4.78, 5) is 14.8. The second-order valence-electron chi connectivity index (χ2n) is 6.85. The molecule has 1 aromatic rings. The molecule has 1 heterocycles. The lowest BCUT2D eigenvalue weighted by Crippen LogP contribution is -2.51. The molecule has 1 N–H and O–H groups in total. The largest absolute Gasteiger partial charge is 0.335 e. The number of benzene rings is 1. The predicted molar refractivity (Wildman–Crippen MR) is 84.7 cm³/mol. The van der Waals surface area contributed by atoms with Crippen molar-refractivity contribution in [3.05, 3.63) is 35.4 Å². The summed E-state index contributed by atoms with van der Waals surface area (Å²) in [5, 5.41) is 3.20. The lowest BCUT2D eigenvalue weighted by molar-refractivity contribution is -0.140. The van der Waals surface area contributed by atoms with Crippen molar-refractivity contribution in [2.45, 2.75) is 45.2 Å². The van der Waals surface area contributed by atoms with E-state index in [0.717, 1.165) is 44.8 Å². The average Bonchev–Trinajstić information content (AvgIpc) is 2.98. The van der Waals surface area contributed by atoms with Gasteiger partial charge in [0.25, 0.3) is 0 Å². The van der Waals surface area contributed by atoms with Crippen molar-refractivity contribution in [1.82, 2.24) is 10.2 Å². The zero-order valence-corrected chi connectivity index (χ0v) is 13.5. The lowest BCUT2D eigenvalue weighted by atomic mass is 9.87. The zero-order chi connectivity index (χ0) is 16.4. The van der Waals surface area contributed by atoms with Gasteiger partial charge in [-0.25, -0.2) is 8.78 Å². The van der Waals surface area contributed by atoms with Gasteiger partial charge < -0.3 is 10.2 Å². The first-order valence-corrected chi connectivity index (χ1v) is 8.51. The van der Waals surface area contributed by atoms with Gasteiger partial charge in [0, 0.05) is 30.1 Å². The second kappa shape index (κ2) is 6.95. The standard InChI is InChI=1S/C18H24F2N2O/c1-12(14-9-21-10-14)18(23)22(16-4-2-3-5-16)11-13-6-7-15(19)8-17(13)20/h6-8,12,14,16,21H,2-5,9-11H2,1H3. The lowest BCUT2D eigenvalue weighted by Gasteiger charge is -2.37. The molecule has 0 bridgehead atoms. The third kappa shape index (κ3) is 3.55. The first-order chi connectivity index (χ1) is 11.1. The first kappa shape index (κ1) is 16.4. The molecule has 0 spiro atoms. The third-order valence-corrected chi connectivity index (χ3v) is 5.31. The van der Waals surface area contributed by atoms with Crippen LogP contribution in [0.3, 0.4) is 0 Å². The Morgan fingerprint density at radius 1 is 1.30 bits per heavy atom. The van der Waals surface area contributed by atoms with Gasteiger partial charge in [-0.1, -0.05) is 25.8 Å². The van der Waals surface area contributed by atoms with E-state index in [9.17, 15) is 13.6 Å². The number of carbonyl (C=O) groups excluding carboxylic acids is 1. The zero-order valence-electron chi connectivity index (χ0n) is 13.5. The van der Waals surface area contributed by atoms with Gasteiger partial charge in [0.2, 0.25) is 5.91 Å². The van der Waals surface area contributed by atoms with E-state index >= 15 is 0 Å². The molecular weight excluding hydrogens is 298 g/mol. The van der Waals surface area contributed by atoms with Crippen LogP contribution in [0.25, 0.3) is 0 Å². The molecule has 5 heteroatoms. The molecule has 0 aromatic heterocycles. The van der Waals surface area contributed by atoms with Crippen LogP contribution in [-0.4, -0.2) is 29.9 Å². The summed E-state index contributed by atoms with van der Waals surface area (Å²) in [5.41, 5.74) is 0.394. The van der Waals surface area contributed by atoms with E-state index in [-0.39, 0.29) is 24.4 Å². The fourth-order valence-electron chi connectivity index (χ4n) is 3.56. The minimum absolute atomic E-state index is 0.0552. The number of nitrogens with zero attached hydrogens (tertiary/aromatic N) is 1. The highest BCUT2D eigenvalue weighted by molar-refractivity contribution is 5.79. The SMILES string of the molecule is CC(C(=O)N(Cc1ccc(F)cc1F)C1CCCC1)C1CNC1. The van der Waals surface area contributed by atoms with E-state index in [1.165, 1.54) is 12.1 Å². The normalized spacial score (nSPS) is 20.3. The summed E-state index contributed by atoms with van der Waals surface area (Å²) in [6.45, 7) is 3.95. The van der Waals surface area contributed by atoms with Gasteiger partial charge in [-0.3, -0.25) is 4.79 Å². The number of amides is 1. The van der Waals surface area contributed by atoms with Crippen molar-refractivity contribution in [3.8, 4) is 0 Å². The maximum atomic E-state index is 14.0. The molecule has 3 nitrogen and oxygen atoms in total. The minimum Gasteiger partial charge on any atom is -0.335 e. The predicted octanol–water partition coefficient (Wildman–Crippen LogP) is 3.09. The van der Waals surface area contributed by atoms with Crippen molar-refractivity contribution in [1.29, 1.82) is 0 Å². The van der Waals surface area contributed by atoms with Crippen molar-refractivity contribution >= 4 is 5.91 Å². The second-order valence-corrected chi connectivity index (χ2v) is 6.85. The Hall–Kier alpha value is -1.49. The Balaban J connectivity index is 1.78. The maximum Gasteiger partial charge on any atom is 0.226 e. The monoisotopic (exact) mass is 322 g/mol. The topological polar surface area (TPSA) is 32.3 Å². The van der Waals surface area contributed by atoms with Crippen molar-refractivity contribution < 1.29 is 13.6 Å². The van der Waals surface area contributed by atoms with Gasteiger partial charge in [0.15, 0.2) is 0 Å². The van der Waals surface area contributed by atoms with E-state index in [1.54, 1.807) is 0 Å². The fraction of sp³-hybridized carbons (Fsp3) is 0.611. The number of hydrogen-bond donors (Lipinski definition) is 1. The summed E-state index contributed by atoms with van der Waals surface area (Å²) in [7, 11) is 0. The van der Waals surface area contributed by atoms with E-state index < -0.39 is 11.6 Å². The van der Waals surface area contributed by atoms with Crippen LogP contribution in [0, 0.1) is 23.5 Å². The first-order valence-electron chi connectivity index (χ1n) is 8.51. The van der Waals surface area contributed by atoms with Crippen LogP contribution < -0.4 is 5.32 Å². The van der Waals surface area contributed by atoms with Crippen LogP contribution >= 0.6 is 0 Å². The number of carbonyl (C=O) groups is 1. The highest BCUT2D eigenvalue weighted by Gasteiger charge is 2.35.